The molecule has 0 atom stereocenters. The molecular weight excluding hydrogens is 234 g/mol. The fraction of sp³-hybridized carbons (Fsp3) is 0.625. The fourth-order valence-corrected chi connectivity index (χ4v) is 2.31. The van der Waals surface area contributed by atoms with Gasteiger partial charge in [-0.1, -0.05) is 19.8 Å². The lowest BCUT2D eigenvalue weighted by molar-refractivity contribution is 0.307. The summed E-state index contributed by atoms with van der Waals surface area (Å²) in [6.45, 7) is 4.37. The summed E-state index contributed by atoms with van der Waals surface area (Å²) in [4.78, 5) is 2.33. The topological polar surface area (TPSA) is 50.8 Å². The van der Waals surface area contributed by atoms with Crippen molar-refractivity contribution in [3.8, 4) is 12.1 Å². The van der Waals surface area contributed by atoms with Gasteiger partial charge in [-0.05, 0) is 43.8 Å². The summed E-state index contributed by atoms with van der Waals surface area (Å²) >= 11 is 0. The standard InChI is InChI=1S/C16H23N3/c1-2-3-5-8-15(11-16(12-17)13-18)14-19-9-6-4-7-10-19/h11,14H,2-10H2,1H3. The van der Waals surface area contributed by atoms with E-state index in [2.05, 4.69) is 18.0 Å². The SMILES string of the molecule is CCCCCC(C=C(C#N)C#N)=CN1CCCCC1. The second-order valence-corrected chi connectivity index (χ2v) is 5.04. The quantitative estimate of drug-likeness (QED) is 0.412. The van der Waals surface area contributed by atoms with Crippen molar-refractivity contribution < 1.29 is 0 Å². The smallest absolute Gasteiger partial charge is 0.130 e. The number of piperidine rings is 1. The predicted molar refractivity (Wildman–Crippen MR) is 77.0 cm³/mol. The van der Waals surface area contributed by atoms with Crippen LogP contribution in [-0.2, 0) is 0 Å². The van der Waals surface area contributed by atoms with Crippen LogP contribution in [0.4, 0.5) is 0 Å². The van der Waals surface area contributed by atoms with Gasteiger partial charge in [0.05, 0.1) is 0 Å². The van der Waals surface area contributed by atoms with E-state index in [1.807, 2.05) is 12.1 Å². The van der Waals surface area contributed by atoms with Crippen LogP contribution in [0, 0.1) is 22.7 Å². The number of hydrogen-bond donors (Lipinski definition) is 0. The van der Waals surface area contributed by atoms with Gasteiger partial charge in [-0.2, -0.15) is 10.5 Å². The monoisotopic (exact) mass is 257 g/mol. The first kappa shape index (κ1) is 15.3. The molecule has 0 unspecified atom stereocenters. The minimum atomic E-state index is 0.208. The number of likely N-dealkylation sites (tertiary alicyclic amines) is 1. The van der Waals surface area contributed by atoms with Crippen molar-refractivity contribution >= 4 is 0 Å². The van der Waals surface area contributed by atoms with Crippen LogP contribution in [0.1, 0.15) is 51.9 Å². The Kier molecular flexibility index (Phi) is 7.44. The second-order valence-electron chi connectivity index (χ2n) is 5.04. The molecule has 19 heavy (non-hydrogen) atoms. The Bertz CT molecular complexity index is 385. The third kappa shape index (κ3) is 6.11. The first-order valence-corrected chi connectivity index (χ1v) is 7.26. The highest BCUT2D eigenvalue weighted by Crippen LogP contribution is 2.16. The Labute approximate surface area is 116 Å². The number of nitriles is 2. The van der Waals surface area contributed by atoms with Gasteiger partial charge in [0.1, 0.15) is 17.7 Å². The maximum atomic E-state index is 8.87. The highest BCUT2D eigenvalue weighted by molar-refractivity contribution is 5.41. The highest BCUT2D eigenvalue weighted by Gasteiger charge is 2.07. The van der Waals surface area contributed by atoms with Gasteiger partial charge in [0.25, 0.3) is 0 Å². The van der Waals surface area contributed by atoms with Gasteiger partial charge in [0.2, 0.25) is 0 Å². The molecule has 0 radical (unpaired) electrons. The number of allylic oxidation sites excluding steroid dienone is 3. The van der Waals surface area contributed by atoms with Crippen LogP contribution in [0.15, 0.2) is 23.4 Å². The lowest BCUT2D eigenvalue weighted by atomic mass is 10.0. The van der Waals surface area contributed by atoms with Crippen LogP contribution < -0.4 is 0 Å². The summed E-state index contributed by atoms with van der Waals surface area (Å²) in [5, 5.41) is 17.7. The molecule has 1 aliphatic heterocycles. The van der Waals surface area contributed by atoms with Crippen LogP contribution in [-0.4, -0.2) is 18.0 Å². The summed E-state index contributed by atoms with van der Waals surface area (Å²) in [5.41, 5.74) is 1.33. The highest BCUT2D eigenvalue weighted by atomic mass is 15.1. The Morgan fingerprint density at radius 2 is 1.79 bits per heavy atom. The zero-order chi connectivity index (χ0) is 13.9. The molecule has 0 aromatic carbocycles. The van der Waals surface area contributed by atoms with Gasteiger partial charge in [0.15, 0.2) is 0 Å². The predicted octanol–water partition coefficient (Wildman–Crippen LogP) is 3.91. The van der Waals surface area contributed by atoms with Crippen molar-refractivity contribution in [2.45, 2.75) is 51.9 Å². The molecule has 1 fully saturated rings. The van der Waals surface area contributed by atoms with Crippen molar-refractivity contribution in [1.29, 1.82) is 10.5 Å². The van der Waals surface area contributed by atoms with E-state index < -0.39 is 0 Å². The summed E-state index contributed by atoms with van der Waals surface area (Å²) < 4.78 is 0. The van der Waals surface area contributed by atoms with E-state index in [0.29, 0.717) is 0 Å². The van der Waals surface area contributed by atoms with Crippen molar-refractivity contribution in [2.24, 2.45) is 0 Å². The molecule has 1 saturated heterocycles. The van der Waals surface area contributed by atoms with Crippen LogP contribution in [0.3, 0.4) is 0 Å². The van der Waals surface area contributed by atoms with E-state index in [1.54, 1.807) is 6.08 Å². The second kappa shape index (κ2) is 9.22. The summed E-state index contributed by atoms with van der Waals surface area (Å²) in [7, 11) is 0. The van der Waals surface area contributed by atoms with Gasteiger partial charge in [-0.3, -0.25) is 0 Å². The lowest BCUT2D eigenvalue weighted by Crippen LogP contribution is -2.24. The van der Waals surface area contributed by atoms with Crippen molar-refractivity contribution in [3.05, 3.63) is 23.4 Å². The van der Waals surface area contributed by atoms with E-state index in [9.17, 15) is 0 Å². The molecule has 0 amide bonds. The lowest BCUT2D eigenvalue weighted by Gasteiger charge is -2.26. The van der Waals surface area contributed by atoms with E-state index in [0.717, 1.165) is 31.5 Å². The summed E-state index contributed by atoms with van der Waals surface area (Å²) in [6.07, 6.45) is 12.2. The largest absolute Gasteiger partial charge is 0.377 e. The van der Waals surface area contributed by atoms with Gasteiger partial charge < -0.3 is 4.90 Å². The summed E-state index contributed by atoms with van der Waals surface area (Å²) in [6, 6.07) is 3.90. The average molecular weight is 257 g/mol. The van der Waals surface area contributed by atoms with Crippen molar-refractivity contribution in [1.82, 2.24) is 4.90 Å². The molecule has 3 heteroatoms. The Balaban J connectivity index is 2.73. The van der Waals surface area contributed by atoms with Gasteiger partial charge in [-0.15, -0.1) is 0 Å². The number of hydrogen-bond acceptors (Lipinski definition) is 3. The van der Waals surface area contributed by atoms with E-state index >= 15 is 0 Å². The molecule has 3 nitrogen and oxygen atoms in total. The van der Waals surface area contributed by atoms with Crippen LogP contribution in [0.5, 0.6) is 0 Å². The fourth-order valence-electron chi connectivity index (χ4n) is 2.31. The van der Waals surface area contributed by atoms with Crippen LogP contribution in [0.25, 0.3) is 0 Å². The normalized spacial score (nSPS) is 15.5. The number of nitrogens with zero attached hydrogens (tertiary/aromatic N) is 3. The zero-order valence-corrected chi connectivity index (χ0v) is 11.9. The molecule has 1 rings (SSSR count). The van der Waals surface area contributed by atoms with Crippen LogP contribution >= 0.6 is 0 Å². The molecule has 0 saturated carbocycles. The third-order valence-electron chi connectivity index (χ3n) is 3.38. The molecule has 0 aliphatic carbocycles. The van der Waals surface area contributed by atoms with Crippen molar-refractivity contribution in [3.63, 3.8) is 0 Å². The maximum absolute atomic E-state index is 8.87. The number of rotatable bonds is 6. The average Bonchev–Trinajstić information content (AvgIpc) is 2.45. The molecular formula is C16H23N3. The zero-order valence-electron chi connectivity index (χ0n) is 11.9. The molecule has 1 aliphatic rings. The molecule has 102 valence electrons. The van der Waals surface area contributed by atoms with Crippen LogP contribution in [0.2, 0.25) is 0 Å². The van der Waals surface area contributed by atoms with Gasteiger partial charge in [0, 0.05) is 19.3 Å². The molecule has 0 aromatic rings. The molecule has 1 heterocycles. The minimum absolute atomic E-state index is 0.208. The van der Waals surface area contributed by atoms with Gasteiger partial charge in [-0.25, -0.2) is 0 Å². The first-order chi connectivity index (χ1) is 9.30. The Morgan fingerprint density at radius 1 is 1.11 bits per heavy atom. The Hall–Kier alpha value is -1.74. The van der Waals surface area contributed by atoms with Crippen molar-refractivity contribution in [2.75, 3.05) is 13.1 Å². The van der Waals surface area contributed by atoms with E-state index in [1.165, 1.54) is 32.1 Å². The summed E-state index contributed by atoms with van der Waals surface area (Å²) in [5.74, 6) is 0. The van der Waals surface area contributed by atoms with E-state index in [4.69, 9.17) is 10.5 Å². The molecule has 0 aromatic heterocycles. The molecule has 0 bridgehead atoms. The molecule has 0 spiro atoms. The maximum Gasteiger partial charge on any atom is 0.130 e. The molecule has 0 N–H and O–H groups in total. The Morgan fingerprint density at radius 3 is 2.37 bits per heavy atom. The third-order valence-corrected chi connectivity index (χ3v) is 3.38. The number of unbranched alkanes of at least 4 members (excludes halogenated alkanes) is 2. The van der Waals surface area contributed by atoms with E-state index in [-0.39, 0.29) is 5.57 Å². The minimum Gasteiger partial charge on any atom is -0.377 e. The first-order valence-electron chi connectivity index (χ1n) is 7.26. The van der Waals surface area contributed by atoms with Gasteiger partial charge >= 0.3 is 0 Å².